The molecule has 1 atom stereocenters. The zero-order chi connectivity index (χ0) is 23.4. The lowest BCUT2D eigenvalue weighted by atomic mass is 9.94. The first-order valence-electron chi connectivity index (χ1n) is 11.3. The van der Waals surface area contributed by atoms with Crippen molar-refractivity contribution in [2.75, 3.05) is 4.90 Å². The van der Waals surface area contributed by atoms with Crippen molar-refractivity contribution in [2.24, 2.45) is 0 Å². The van der Waals surface area contributed by atoms with Crippen LogP contribution in [0.1, 0.15) is 64.1 Å². The monoisotopic (exact) mass is 465 g/mol. The van der Waals surface area contributed by atoms with Crippen molar-refractivity contribution in [2.45, 2.75) is 58.0 Å². The van der Waals surface area contributed by atoms with Gasteiger partial charge in [-0.15, -0.1) is 11.3 Å². The van der Waals surface area contributed by atoms with Gasteiger partial charge in [0.1, 0.15) is 16.7 Å². The quantitative estimate of drug-likeness (QED) is 0.505. The minimum atomic E-state index is -0.895. The van der Waals surface area contributed by atoms with E-state index in [2.05, 4.69) is 10.3 Å². The summed E-state index contributed by atoms with van der Waals surface area (Å²) in [5.74, 6) is -0.957. The Hall–Kier alpha value is -3.06. The molecule has 1 heterocycles. The zero-order valence-corrected chi connectivity index (χ0v) is 19.7. The highest BCUT2D eigenvalue weighted by atomic mass is 32.1. The molecule has 0 bridgehead atoms. The van der Waals surface area contributed by atoms with Crippen LogP contribution in [0.2, 0.25) is 0 Å². The molecule has 1 aliphatic rings. The number of anilines is 1. The Labute approximate surface area is 197 Å². The smallest absolute Gasteiger partial charge is 0.271 e. The molecule has 3 aromatic rings. The lowest BCUT2D eigenvalue weighted by molar-refractivity contribution is -0.123. The molecule has 1 aromatic heterocycles. The summed E-state index contributed by atoms with van der Waals surface area (Å²) in [5, 5.41) is 3.96. The molecule has 172 valence electrons. The van der Waals surface area contributed by atoms with E-state index in [1.54, 1.807) is 19.1 Å². The Balaban J connectivity index is 1.79. The number of nitrogens with zero attached hydrogens (tertiary/aromatic N) is 2. The number of hydrogen-bond acceptors (Lipinski definition) is 4. The van der Waals surface area contributed by atoms with E-state index >= 15 is 0 Å². The number of amides is 2. The highest BCUT2D eigenvalue weighted by Crippen LogP contribution is 2.32. The van der Waals surface area contributed by atoms with E-state index < -0.39 is 11.9 Å². The largest absolute Gasteiger partial charge is 0.351 e. The van der Waals surface area contributed by atoms with E-state index in [1.165, 1.54) is 34.8 Å². The maximum atomic E-state index is 13.9. The predicted molar refractivity (Wildman–Crippen MR) is 129 cm³/mol. The van der Waals surface area contributed by atoms with Crippen LogP contribution in [0.3, 0.4) is 0 Å². The number of thiazole rings is 1. The van der Waals surface area contributed by atoms with Crippen molar-refractivity contribution >= 4 is 28.8 Å². The molecule has 33 heavy (non-hydrogen) atoms. The number of aromatic nitrogens is 1. The van der Waals surface area contributed by atoms with Crippen molar-refractivity contribution in [3.05, 3.63) is 81.6 Å². The number of hydrogen-bond donors (Lipinski definition) is 1. The second-order valence-electron chi connectivity index (χ2n) is 8.46. The molecule has 0 spiro atoms. The average Bonchev–Trinajstić information content (AvgIpc) is 3.16. The molecule has 0 unspecified atom stereocenters. The lowest BCUT2D eigenvalue weighted by Crippen LogP contribution is -2.47. The fourth-order valence-corrected chi connectivity index (χ4v) is 5.26. The molecule has 7 heteroatoms. The summed E-state index contributed by atoms with van der Waals surface area (Å²) >= 11 is 1.30. The van der Waals surface area contributed by atoms with Gasteiger partial charge in [-0.25, -0.2) is 9.37 Å². The Morgan fingerprint density at radius 2 is 1.70 bits per heavy atom. The first kappa shape index (κ1) is 23.1. The van der Waals surface area contributed by atoms with E-state index in [1.807, 2.05) is 37.3 Å². The molecule has 1 aliphatic carbocycles. The van der Waals surface area contributed by atoms with Crippen molar-refractivity contribution in [1.82, 2.24) is 10.3 Å². The normalized spacial score (nSPS) is 15.1. The molecule has 0 radical (unpaired) electrons. The molecule has 2 aromatic carbocycles. The van der Waals surface area contributed by atoms with Crippen LogP contribution in [-0.2, 0) is 4.79 Å². The highest BCUT2D eigenvalue weighted by molar-refractivity contribution is 7.13. The third-order valence-corrected chi connectivity index (χ3v) is 7.06. The van der Waals surface area contributed by atoms with Gasteiger partial charge in [0.15, 0.2) is 0 Å². The number of nitrogens with one attached hydrogen (secondary N) is 1. The molecule has 2 amide bonds. The van der Waals surface area contributed by atoms with Crippen molar-refractivity contribution < 1.29 is 14.0 Å². The van der Waals surface area contributed by atoms with Crippen LogP contribution in [0.5, 0.6) is 0 Å². The molecule has 1 saturated carbocycles. The van der Waals surface area contributed by atoms with Crippen LogP contribution >= 0.6 is 11.3 Å². The predicted octanol–water partition coefficient (Wildman–Crippen LogP) is 5.74. The maximum absolute atomic E-state index is 13.9. The van der Waals surface area contributed by atoms with Crippen LogP contribution in [-0.4, -0.2) is 22.8 Å². The number of rotatable bonds is 6. The first-order chi connectivity index (χ1) is 15.9. The summed E-state index contributed by atoms with van der Waals surface area (Å²) < 4.78 is 13.7. The molecule has 1 fully saturated rings. The van der Waals surface area contributed by atoms with Crippen LogP contribution in [0.4, 0.5) is 10.1 Å². The number of halogens is 1. The maximum Gasteiger partial charge on any atom is 0.271 e. The van der Waals surface area contributed by atoms with Crippen molar-refractivity contribution in [1.29, 1.82) is 0 Å². The molecular weight excluding hydrogens is 437 g/mol. The van der Waals surface area contributed by atoms with Gasteiger partial charge in [-0.2, -0.15) is 0 Å². The van der Waals surface area contributed by atoms with E-state index in [0.717, 1.165) is 30.7 Å². The fourth-order valence-electron chi connectivity index (χ4n) is 4.40. The van der Waals surface area contributed by atoms with E-state index in [9.17, 15) is 14.0 Å². The molecule has 0 aliphatic heterocycles. The SMILES string of the molecule is Cc1nc(C)c(C(=O)N(c2ccc(F)cc2)[C@@H](C(=O)NC2CCCCC2)c2ccccc2)s1. The van der Waals surface area contributed by atoms with Gasteiger partial charge in [-0.1, -0.05) is 49.6 Å². The summed E-state index contributed by atoms with van der Waals surface area (Å²) in [7, 11) is 0. The highest BCUT2D eigenvalue weighted by Gasteiger charge is 2.35. The molecule has 0 saturated heterocycles. The van der Waals surface area contributed by atoms with Gasteiger partial charge in [0.25, 0.3) is 5.91 Å². The van der Waals surface area contributed by atoms with Gasteiger partial charge >= 0.3 is 0 Å². The van der Waals surface area contributed by atoms with Crippen molar-refractivity contribution in [3.63, 3.8) is 0 Å². The Morgan fingerprint density at radius 3 is 2.30 bits per heavy atom. The van der Waals surface area contributed by atoms with Gasteiger partial charge < -0.3 is 5.32 Å². The zero-order valence-electron chi connectivity index (χ0n) is 18.9. The minimum Gasteiger partial charge on any atom is -0.351 e. The minimum absolute atomic E-state index is 0.0926. The number of benzene rings is 2. The molecular formula is C26H28FN3O2S. The summed E-state index contributed by atoms with van der Waals surface area (Å²) in [6.45, 7) is 3.64. The first-order valence-corrected chi connectivity index (χ1v) is 12.1. The van der Waals surface area contributed by atoms with Gasteiger partial charge in [-0.05, 0) is 56.5 Å². The fraction of sp³-hybridized carbons (Fsp3) is 0.346. The number of aryl methyl sites for hydroxylation is 2. The van der Waals surface area contributed by atoms with Gasteiger partial charge in [0.05, 0.1) is 10.7 Å². The Kier molecular flexibility index (Phi) is 7.18. The summed E-state index contributed by atoms with van der Waals surface area (Å²) in [4.78, 5) is 34.0. The van der Waals surface area contributed by atoms with Crippen LogP contribution in [0, 0.1) is 19.7 Å². The second-order valence-corrected chi connectivity index (χ2v) is 9.66. The number of carbonyl (C=O) groups is 2. The van der Waals surface area contributed by atoms with Crippen LogP contribution in [0.15, 0.2) is 54.6 Å². The third kappa shape index (κ3) is 5.30. The summed E-state index contributed by atoms with van der Waals surface area (Å²) in [6, 6.07) is 14.2. The topological polar surface area (TPSA) is 62.3 Å². The van der Waals surface area contributed by atoms with Crippen LogP contribution in [0.25, 0.3) is 0 Å². The van der Waals surface area contributed by atoms with E-state index in [0.29, 0.717) is 21.8 Å². The Morgan fingerprint density at radius 1 is 1.03 bits per heavy atom. The molecule has 4 rings (SSSR count). The van der Waals surface area contributed by atoms with Crippen molar-refractivity contribution in [3.8, 4) is 0 Å². The number of carbonyl (C=O) groups excluding carboxylic acids is 2. The third-order valence-electron chi connectivity index (χ3n) is 5.99. The van der Waals surface area contributed by atoms with Gasteiger partial charge in [-0.3, -0.25) is 14.5 Å². The standard InChI is InChI=1S/C26H28FN3O2S/c1-17-24(33-18(2)28-17)26(32)30(22-15-13-20(27)14-16-22)23(19-9-5-3-6-10-19)25(31)29-21-11-7-4-8-12-21/h3,5-6,9-10,13-16,21,23H,4,7-8,11-12H2,1-2H3,(H,29,31)/t23-/m1/s1. The average molecular weight is 466 g/mol. The van der Waals surface area contributed by atoms with E-state index in [-0.39, 0.29) is 17.9 Å². The Bertz CT molecular complexity index is 1110. The molecule has 5 nitrogen and oxygen atoms in total. The van der Waals surface area contributed by atoms with Gasteiger partial charge in [0.2, 0.25) is 5.91 Å². The second kappa shape index (κ2) is 10.3. The summed E-state index contributed by atoms with van der Waals surface area (Å²) in [5.41, 5.74) is 1.77. The molecule has 1 N–H and O–H groups in total. The lowest BCUT2D eigenvalue weighted by Gasteiger charge is -2.33. The van der Waals surface area contributed by atoms with Gasteiger partial charge in [0, 0.05) is 11.7 Å². The summed E-state index contributed by atoms with van der Waals surface area (Å²) in [6.07, 6.45) is 5.22. The van der Waals surface area contributed by atoms with E-state index in [4.69, 9.17) is 0 Å². The van der Waals surface area contributed by atoms with Crippen LogP contribution < -0.4 is 10.2 Å².